The number of carbonyl (C=O) groups excluding carboxylic acids is 2. The number of aromatic nitrogens is 3. The number of carbonyl (C=O) groups is 2. The number of likely N-dealkylation sites (N-methyl/N-ethyl adjacent to an activating group) is 1. The van der Waals surface area contributed by atoms with Gasteiger partial charge in [-0.1, -0.05) is 23.2 Å². The van der Waals surface area contributed by atoms with Crippen LogP contribution >= 0.6 is 23.2 Å². The number of nitrogens with zero attached hydrogens (tertiary/aromatic N) is 4. The summed E-state index contributed by atoms with van der Waals surface area (Å²) in [6, 6.07) is 3.26. The monoisotopic (exact) mass is 479 g/mol. The zero-order valence-electron chi connectivity index (χ0n) is 16.3. The molecule has 4 rings (SSSR count). The first kappa shape index (κ1) is 21.8. The molecule has 0 saturated carbocycles. The van der Waals surface area contributed by atoms with Crippen LogP contribution in [0.2, 0.25) is 10.0 Å². The Morgan fingerprint density at radius 3 is 2.75 bits per heavy atom. The van der Waals surface area contributed by atoms with Crippen LogP contribution in [0.25, 0.3) is 11.3 Å². The molecular formula is C20H13Cl2F2N5O3. The molecule has 1 aliphatic rings. The van der Waals surface area contributed by atoms with Crippen LogP contribution < -0.4 is 15.0 Å². The van der Waals surface area contributed by atoms with Crippen LogP contribution in [0, 0.1) is 11.6 Å². The highest BCUT2D eigenvalue weighted by Gasteiger charge is 2.32. The summed E-state index contributed by atoms with van der Waals surface area (Å²) in [5.41, 5.74) is -0.212. The average molecular weight is 480 g/mol. The number of hydrogen-bond acceptors (Lipinski definition) is 6. The lowest BCUT2D eigenvalue weighted by Crippen LogP contribution is -2.49. The van der Waals surface area contributed by atoms with E-state index in [0.29, 0.717) is 11.1 Å². The van der Waals surface area contributed by atoms with Gasteiger partial charge in [0.05, 0.1) is 21.9 Å². The predicted octanol–water partition coefficient (Wildman–Crippen LogP) is 3.28. The number of ether oxygens (including phenoxy) is 1. The lowest BCUT2D eigenvalue weighted by molar-refractivity contribution is -0.120. The SMILES string of the molecule is CN1C(=O)[C@@H](NC(=O)c2ncc(Cl)c(-c3ccc(F)cc3F)n2)COc2cc(Cl)cnc21. The van der Waals surface area contributed by atoms with Crippen molar-refractivity contribution < 1.29 is 23.1 Å². The standard InChI is InChI=1S/C20H13Cl2F2N5O3/c1-29-18-15(4-9(21)6-26-18)32-8-14(20(29)31)27-19(30)17-25-7-12(22)16(28-17)11-3-2-10(23)5-13(11)24/h2-7,14H,8H2,1H3,(H,27,30)/t14-/m0/s1. The van der Waals surface area contributed by atoms with Crippen LogP contribution in [0.5, 0.6) is 5.75 Å². The van der Waals surface area contributed by atoms with Crippen LogP contribution in [-0.4, -0.2) is 46.5 Å². The van der Waals surface area contributed by atoms with Crippen LogP contribution in [0.4, 0.5) is 14.6 Å². The first-order valence-electron chi connectivity index (χ1n) is 9.09. The summed E-state index contributed by atoms with van der Waals surface area (Å²) in [7, 11) is 1.48. The first-order chi connectivity index (χ1) is 15.2. The Labute approximate surface area is 190 Å². The number of hydrogen-bond donors (Lipinski definition) is 1. The van der Waals surface area contributed by atoms with E-state index in [4.69, 9.17) is 27.9 Å². The maximum atomic E-state index is 14.2. The molecule has 8 nitrogen and oxygen atoms in total. The number of fused-ring (bicyclic) bond motifs is 1. The van der Waals surface area contributed by atoms with Gasteiger partial charge in [0.2, 0.25) is 5.82 Å². The molecule has 3 aromatic rings. The lowest BCUT2D eigenvalue weighted by Gasteiger charge is -2.19. The highest BCUT2D eigenvalue weighted by molar-refractivity contribution is 6.33. The van der Waals surface area contributed by atoms with Gasteiger partial charge in [0, 0.05) is 30.9 Å². The summed E-state index contributed by atoms with van der Waals surface area (Å²) in [5, 5.41) is 2.77. The lowest BCUT2D eigenvalue weighted by atomic mass is 10.1. The number of rotatable bonds is 3. The minimum absolute atomic E-state index is 0.0425. The molecule has 0 aliphatic carbocycles. The van der Waals surface area contributed by atoms with Gasteiger partial charge < -0.3 is 10.1 Å². The second-order valence-electron chi connectivity index (χ2n) is 6.72. The zero-order valence-corrected chi connectivity index (χ0v) is 17.8. The Kier molecular flexibility index (Phi) is 5.90. The molecule has 164 valence electrons. The molecule has 3 heterocycles. The third kappa shape index (κ3) is 4.19. The molecule has 0 radical (unpaired) electrons. The molecule has 0 bridgehead atoms. The Hall–Kier alpha value is -3.37. The molecular weight excluding hydrogens is 467 g/mol. The number of amides is 2. The number of nitrogens with one attached hydrogen (secondary N) is 1. The van der Waals surface area contributed by atoms with Crippen molar-refractivity contribution in [1.29, 1.82) is 0 Å². The highest BCUT2D eigenvalue weighted by Crippen LogP contribution is 2.31. The van der Waals surface area contributed by atoms with Crippen LogP contribution in [0.1, 0.15) is 10.6 Å². The molecule has 1 atom stereocenters. The van der Waals surface area contributed by atoms with Gasteiger partial charge in [-0.05, 0) is 12.1 Å². The number of benzene rings is 1. The molecule has 12 heteroatoms. The smallest absolute Gasteiger partial charge is 0.289 e. The maximum absolute atomic E-state index is 14.2. The van der Waals surface area contributed by atoms with E-state index in [1.807, 2.05) is 0 Å². The summed E-state index contributed by atoms with van der Waals surface area (Å²) >= 11 is 12.0. The van der Waals surface area contributed by atoms with Crippen LogP contribution in [0.3, 0.4) is 0 Å². The minimum atomic E-state index is -1.09. The van der Waals surface area contributed by atoms with Gasteiger partial charge in [-0.3, -0.25) is 14.5 Å². The summed E-state index contributed by atoms with van der Waals surface area (Å²) in [4.78, 5) is 38.7. The van der Waals surface area contributed by atoms with E-state index in [2.05, 4.69) is 20.3 Å². The highest BCUT2D eigenvalue weighted by atomic mass is 35.5. The molecule has 1 aliphatic heterocycles. The van der Waals surface area contributed by atoms with Gasteiger partial charge in [0.15, 0.2) is 11.6 Å². The Morgan fingerprint density at radius 1 is 1.22 bits per heavy atom. The van der Waals surface area contributed by atoms with E-state index in [9.17, 15) is 18.4 Å². The molecule has 0 fully saturated rings. The normalized spacial score (nSPS) is 15.6. The van der Waals surface area contributed by atoms with Crippen molar-refractivity contribution in [2.45, 2.75) is 6.04 Å². The molecule has 2 amide bonds. The van der Waals surface area contributed by atoms with Crippen LogP contribution in [-0.2, 0) is 4.79 Å². The minimum Gasteiger partial charge on any atom is -0.487 e. The molecule has 1 N–H and O–H groups in total. The molecule has 2 aromatic heterocycles. The van der Waals surface area contributed by atoms with E-state index >= 15 is 0 Å². The molecule has 0 spiro atoms. The topological polar surface area (TPSA) is 97.3 Å². The van der Waals surface area contributed by atoms with Crippen molar-refractivity contribution in [3.63, 3.8) is 0 Å². The predicted molar refractivity (Wildman–Crippen MR) is 112 cm³/mol. The van der Waals surface area contributed by atoms with Gasteiger partial charge in [0.1, 0.15) is 24.3 Å². The van der Waals surface area contributed by atoms with Gasteiger partial charge in [-0.25, -0.2) is 23.7 Å². The Balaban J connectivity index is 1.59. The molecule has 1 aromatic carbocycles. The van der Waals surface area contributed by atoms with Crippen molar-refractivity contribution in [3.05, 3.63) is 64.2 Å². The maximum Gasteiger partial charge on any atom is 0.289 e. The molecule has 0 saturated heterocycles. The van der Waals surface area contributed by atoms with E-state index in [0.717, 1.165) is 18.3 Å². The summed E-state index contributed by atoms with van der Waals surface area (Å²) in [5.74, 6) is -2.85. The summed E-state index contributed by atoms with van der Waals surface area (Å²) < 4.78 is 33.0. The van der Waals surface area contributed by atoms with E-state index in [1.54, 1.807) is 0 Å². The Morgan fingerprint density at radius 2 is 2.00 bits per heavy atom. The number of pyridine rings is 1. The molecule has 32 heavy (non-hydrogen) atoms. The van der Waals surface area contributed by atoms with Gasteiger partial charge in [-0.2, -0.15) is 0 Å². The second-order valence-corrected chi connectivity index (χ2v) is 7.57. The van der Waals surface area contributed by atoms with Gasteiger partial charge in [0.25, 0.3) is 11.8 Å². The fourth-order valence-electron chi connectivity index (χ4n) is 3.03. The van der Waals surface area contributed by atoms with Crippen molar-refractivity contribution in [1.82, 2.24) is 20.3 Å². The van der Waals surface area contributed by atoms with Gasteiger partial charge >= 0.3 is 0 Å². The zero-order chi connectivity index (χ0) is 23.0. The third-order valence-corrected chi connectivity index (χ3v) is 5.07. The van der Waals surface area contributed by atoms with E-state index in [-0.39, 0.29) is 40.3 Å². The fourth-order valence-corrected chi connectivity index (χ4v) is 3.37. The quantitative estimate of drug-likeness (QED) is 0.618. The summed E-state index contributed by atoms with van der Waals surface area (Å²) in [6.45, 7) is -0.197. The third-order valence-electron chi connectivity index (χ3n) is 4.59. The van der Waals surface area contributed by atoms with E-state index in [1.165, 1.54) is 24.2 Å². The second kappa shape index (κ2) is 8.64. The Bertz CT molecular complexity index is 1240. The number of anilines is 1. The first-order valence-corrected chi connectivity index (χ1v) is 9.85. The average Bonchev–Trinajstić information content (AvgIpc) is 2.86. The summed E-state index contributed by atoms with van der Waals surface area (Å²) in [6.07, 6.45) is 2.48. The van der Waals surface area contributed by atoms with Crippen LogP contribution in [0.15, 0.2) is 36.7 Å². The van der Waals surface area contributed by atoms with Crippen molar-refractivity contribution in [3.8, 4) is 17.0 Å². The van der Waals surface area contributed by atoms with Gasteiger partial charge in [-0.15, -0.1) is 0 Å². The fraction of sp³-hybridized carbons (Fsp3) is 0.150. The number of halogens is 4. The largest absolute Gasteiger partial charge is 0.487 e. The van der Waals surface area contributed by atoms with Crippen molar-refractivity contribution >= 4 is 40.8 Å². The van der Waals surface area contributed by atoms with Crippen molar-refractivity contribution in [2.75, 3.05) is 18.6 Å². The van der Waals surface area contributed by atoms with Crippen molar-refractivity contribution in [2.24, 2.45) is 0 Å². The molecule has 0 unspecified atom stereocenters. The van der Waals surface area contributed by atoms with E-state index < -0.39 is 29.5 Å².